The van der Waals surface area contributed by atoms with Crippen LogP contribution in [0.4, 0.5) is 0 Å². The van der Waals surface area contributed by atoms with Gasteiger partial charge in [-0.3, -0.25) is 0 Å². The highest BCUT2D eigenvalue weighted by molar-refractivity contribution is 5.88. The standard InChI is InChI=1S/C29H34N2O2/c1-28(2)13-14-29(3,4)26-19-24(12-9-21-7-10-22(11-8-21)27(32)33)23(18-25(26)28)6-5-16-31-17-15-30-20-31/h7-12,15,17-20H,5-6,13-14,16H2,1-4H3,(H,32,33). The molecule has 0 amide bonds. The van der Waals surface area contributed by atoms with E-state index in [0.29, 0.717) is 5.56 Å². The maximum atomic E-state index is 11.1. The van der Waals surface area contributed by atoms with Crippen LogP contribution >= 0.6 is 0 Å². The quantitative estimate of drug-likeness (QED) is 0.413. The number of fused-ring (bicyclic) bond motifs is 1. The summed E-state index contributed by atoms with van der Waals surface area (Å²) in [6.45, 7) is 10.4. The third-order valence-corrected chi connectivity index (χ3v) is 7.15. The zero-order valence-corrected chi connectivity index (χ0v) is 20.1. The summed E-state index contributed by atoms with van der Waals surface area (Å²) in [4.78, 5) is 15.3. The average Bonchev–Trinajstić information content (AvgIpc) is 3.29. The van der Waals surface area contributed by atoms with Crippen molar-refractivity contribution < 1.29 is 9.90 Å². The molecular formula is C29H34N2O2. The lowest BCUT2D eigenvalue weighted by atomic mass is 9.62. The van der Waals surface area contributed by atoms with Gasteiger partial charge in [-0.05, 0) is 76.5 Å². The second kappa shape index (κ2) is 9.01. The largest absolute Gasteiger partial charge is 0.478 e. The Morgan fingerprint density at radius 1 is 1.03 bits per heavy atom. The molecule has 1 heterocycles. The summed E-state index contributed by atoms with van der Waals surface area (Å²) in [6, 6.07) is 11.9. The monoisotopic (exact) mass is 442 g/mol. The van der Waals surface area contributed by atoms with Crippen LogP contribution in [0, 0.1) is 0 Å². The van der Waals surface area contributed by atoms with Gasteiger partial charge in [0.05, 0.1) is 11.9 Å². The minimum absolute atomic E-state index is 0.159. The number of carbonyl (C=O) groups is 1. The fourth-order valence-corrected chi connectivity index (χ4v) is 4.84. The molecule has 4 heteroatoms. The predicted molar refractivity (Wildman–Crippen MR) is 135 cm³/mol. The van der Waals surface area contributed by atoms with E-state index < -0.39 is 5.97 Å². The van der Waals surface area contributed by atoms with Crippen molar-refractivity contribution in [3.8, 4) is 0 Å². The van der Waals surface area contributed by atoms with Crippen LogP contribution in [0.1, 0.15) is 85.1 Å². The molecule has 0 spiro atoms. The summed E-state index contributed by atoms with van der Waals surface area (Å²) in [5, 5.41) is 9.15. The zero-order chi connectivity index (χ0) is 23.6. The van der Waals surface area contributed by atoms with Crippen LogP contribution in [0.5, 0.6) is 0 Å². The van der Waals surface area contributed by atoms with E-state index in [1.54, 1.807) is 12.1 Å². The molecule has 0 unspecified atom stereocenters. The Bertz CT molecular complexity index is 1150. The number of aryl methyl sites for hydroxylation is 2. The number of imidazole rings is 1. The first kappa shape index (κ1) is 23.0. The van der Waals surface area contributed by atoms with Crippen molar-refractivity contribution >= 4 is 18.1 Å². The summed E-state index contributed by atoms with van der Waals surface area (Å²) < 4.78 is 2.13. The molecule has 0 radical (unpaired) electrons. The third-order valence-electron chi connectivity index (χ3n) is 7.15. The Kier molecular flexibility index (Phi) is 6.29. The molecule has 1 aliphatic carbocycles. The van der Waals surface area contributed by atoms with Crippen molar-refractivity contribution in [3.63, 3.8) is 0 Å². The Hall–Kier alpha value is -3.14. The van der Waals surface area contributed by atoms with Gasteiger partial charge in [-0.2, -0.15) is 0 Å². The minimum atomic E-state index is -0.898. The Morgan fingerprint density at radius 3 is 2.30 bits per heavy atom. The molecule has 1 aromatic heterocycles. The normalized spacial score (nSPS) is 16.6. The van der Waals surface area contributed by atoms with Gasteiger partial charge >= 0.3 is 5.97 Å². The molecule has 1 aliphatic rings. The lowest BCUT2D eigenvalue weighted by Crippen LogP contribution is -2.34. The first-order chi connectivity index (χ1) is 15.7. The van der Waals surface area contributed by atoms with Gasteiger partial charge in [0.15, 0.2) is 0 Å². The molecule has 3 aromatic rings. The molecular weight excluding hydrogens is 408 g/mol. The van der Waals surface area contributed by atoms with Crippen LogP contribution in [-0.4, -0.2) is 20.6 Å². The van der Waals surface area contributed by atoms with Crippen molar-refractivity contribution in [2.24, 2.45) is 0 Å². The van der Waals surface area contributed by atoms with Crippen molar-refractivity contribution in [2.45, 2.75) is 70.8 Å². The van der Waals surface area contributed by atoms with E-state index in [4.69, 9.17) is 5.11 Å². The van der Waals surface area contributed by atoms with Crippen molar-refractivity contribution in [1.82, 2.24) is 9.55 Å². The number of rotatable bonds is 7. The summed E-state index contributed by atoms with van der Waals surface area (Å²) >= 11 is 0. The van der Waals surface area contributed by atoms with Gasteiger partial charge in [-0.1, -0.05) is 64.1 Å². The first-order valence-electron chi connectivity index (χ1n) is 11.8. The van der Waals surface area contributed by atoms with E-state index in [0.717, 1.165) is 24.9 Å². The minimum Gasteiger partial charge on any atom is -0.478 e. The summed E-state index contributed by atoms with van der Waals surface area (Å²) in [7, 11) is 0. The van der Waals surface area contributed by atoms with Crippen molar-refractivity contribution in [3.05, 3.63) is 88.5 Å². The van der Waals surface area contributed by atoms with Gasteiger partial charge in [-0.15, -0.1) is 0 Å². The lowest BCUT2D eigenvalue weighted by molar-refractivity contribution is 0.0697. The Morgan fingerprint density at radius 2 is 1.70 bits per heavy atom. The highest BCUT2D eigenvalue weighted by Crippen LogP contribution is 2.46. The third kappa shape index (κ3) is 5.11. The van der Waals surface area contributed by atoms with Crippen LogP contribution in [0.15, 0.2) is 55.1 Å². The molecule has 0 aliphatic heterocycles. The fraction of sp³-hybridized carbons (Fsp3) is 0.379. The van der Waals surface area contributed by atoms with E-state index in [-0.39, 0.29) is 10.8 Å². The zero-order valence-electron chi connectivity index (χ0n) is 20.1. The van der Waals surface area contributed by atoms with E-state index in [9.17, 15) is 4.79 Å². The van der Waals surface area contributed by atoms with Gasteiger partial charge in [-0.25, -0.2) is 9.78 Å². The molecule has 33 heavy (non-hydrogen) atoms. The van der Waals surface area contributed by atoms with Crippen LogP contribution in [0.3, 0.4) is 0 Å². The maximum Gasteiger partial charge on any atom is 0.335 e. The number of aromatic carboxylic acids is 1. The van der Waals surface area contributed by atoms with Gasteiger partial charge in [0.2, 0.25) is 0 Å². The highest BCUT2D eigenvalue weighted by atomic mass is 16.4. The molecule has 2 aromatic carbocycles. The van der Waals surface area contributed by atoms with Gasteiger partial charge in [0.1, 0.15) is 0 Å². The van der Waals surface area contributed by atoms with Crippen LogP contribution in [-0.2, 0) is 23.8 Å². The highest BCUT2D eigenvalue weighted by Gasteiger charge is 2.37. The molecule has 0 bridgehead atoms. The maximum absolute atomic E-state index is 11.1. The van der Waals surface area contributed by atoms with E-state index in [1.165, 1.54) is 35.1 Å². The van der Waals surface area contributed by atoms with Gasteiger partial charge in [0.25, 0.3) is 0 Å². The second-order valence-corrected chi connectivity index (χ2v) is 10.5. The topological polar surface area (TPSA) is 55.1 Å². The Balaban J connectivity index is 1.68. The van der Waals surface area contributed by atoms with Gasteiger partial charge in [0, 0.05) is 18.9 Å². The number of carboxylic acids is 1. The Labute approximate surface area is 197 Å². The molecule has 0 saturated carbocycles. The summed E-state index contributed by atoms with van der Waals surface area (Å²) in [6.07, 6.45) is 14.4. The number of hydrogen-bond donors (Lipinski definition) is 1. The average molecular weight is 443 g/mol. The molecule has 4 rings (SSSR count). The van der Waals surface area contributed by atoms with E-state index in [1.807, 2.05) is 30.9 Å². The van der Waals surface area contributed by atoms with Crippen LogP contribution in [0.25, 0.3) is 12.2 Å². The second-order valence-electron chi connectivity index (χ2n) is 10.5. The molecule has 4 nitrogen and oxygen atoms in total. The number of benzene rings is 2. The smallest absolute Gasteiger partial charge is 0.335 e. The summed E-state index contributed by atoms with van der Waals surface area (Å²) in [5.41, 5.74) is 7.22. The van der Waals surface area contributed by atoms with Crippen LogP contribution in [0.2, 0.25) is 0 Å². The van der Waals surface area contributed by atoms with Gasteiger partial charge < -0.3 is 9.67 Å². The van der Waals surface area contributed by atoms with Crippen molar-refractivity contribution in [2.75, 3.05) is 0 Å². The summed E-state index contributed by atoms with van der Waals surface area (Å²) in [5.74, 6) is -0.898. The first-order valence-corrected chi connectivity index (χ1v) is 11.8. The SMILES string of the molecule is CC1(C)CCC(C)(C)c2cc(CCCn3ccnc3)c(C=Cc3ccc(C(=O)O)cc3)cc21. The van der Waals surface area contributed by atoms with Crippen molar-refractivity contribution in [1.29, 1.82) is 0 Å². The molecule has 0 saturated heterocycles. The van der Waals surface area contributed by atoms with Crippen LogP contribution < -0.4 is 0 Å². The number of aromatic nitrogens is 2. The van der Waals surface area contributed by atoms with E-state index in [2.05, 4.69) is 61.5 Å². The number of nitrogens with zero attached hydrogens (tertiary/aromatic N) is 2. The molecule has 1 N–H and O–H groups in total. The number of carboxylic acid groups (broad SMARTS) is 1. The predicted octanol–water partition coefficient (Wildman–Crippen LogP) is 6.73. The molecule has 0 atom stereocenters. The fourth-order valence-electron chi connectivity index (χ4n) is 4.84. The number of hydrogen-bond acceptors (Lipinski definition) is 2. The lowest BCUT2D eigenvalue weighted by Gasteiger charge is -2.42. The van der Waals surface area contributed by atoms with E-state index >= 15 is 0 Å². The molecule has 172 valence electrons. The molecule has 0 fully saturated rings.